The summed E-state index contributed by atoms with van der Waals surface area (Å²) in [5.41, 5.74) is 0.850. The molecule has 0 aliphatic carbocycles. The predicted octanol–water partition coefficient (Wildman–Crippen LogP) is 0.837. The molecule has 6 heteroatoms. The van der Waals surface area contributed by atoms with Crippen LogP contribution in [0.2, 0.25) is 0 Å². The third-order valence-corrected chi connectivity index (χ3v) is 1.97. The zero-order chi connectivity index (χ0) is 11.5. The third kappa shape index (κ3) is 1.74. The van der Waals surface area contributed by atoms with Crippen LogP contribution in [0.25, 0.3) is 5.69 Å². The number of aromatic carboxylic acids is 1. The standard InChI is InChI=1S/C10H6N4O2/c11-5-9-12-6-14(13-9)8-3-1-7(2-4-8)10(15)16/h1-4,6H,(H,15,16). The molecule has 1 aromatic heterocycles. The van der Waals surface area contributed by atoms with Crippen LogP contribution in [-0.2, 0) is 0 Å². The second-order valence-electron chi connectivity index (χ2n) is 2.98. The molecule has 0 bridgehead atoms. The van der Waals surface area contributed by atoms with Crippen LogP contribution in [-0.4, -0.2) is 25.8 Å². The second-order valence-corrected chi connectivity index (χ2v) is 2.98. The van der Waals surface area contributed by atoms with E-state index >= 15 is 0 Å². The number of hydrogen-bond donors (Lipinski definition) is 1. The van der Waals surface area contributed by atoms with Crippen molar-refractivity contribution in [1.29, 1.82) is 5.26 Å². The van der Waals surface area contributed by atoms with Crippen molar-refractivity contribution < 1.29 is 9.90 Å². The number of nitrogens with zero attached hydrogens (tertiary/aromatic N) is 4. The van der Waals surface area contributed by atoms with Crippen LogP contribution in [0.15, 0.2) is 30.6 Å². The molecule has 0 aliphatic heterocycles. The quantitative estimate of drug-likeness (QED) is 0.799. The summed E-state index contributed by atoms with van der Waals surface area (Å²) in [5, 5.41) is 21.1. The molecule has 2 aromatic rings. The fraction of sp³-hybridized carbons (Fsp3) is 0. The summed E-state index contributed by atoms with van der Waals surface area (Å²) < 4.78 is 1.41. The number of carboxylic acids is 1. The lowest BCUT2D eigenvalue weighted by molar-refractivity contribution is 0.0697. The number of benzene rings is 1. The number of carbonyl (C=O) groups is 1. The number of carboxylic acid groups (broad SMARTS) is 1. The zero-order valence-electron chi connectivity index (χ0n) is 8.03. The first-order chi connectivity index (χ1) is 7.70. The number of nitriles is 1. The van der Waals surface area contributed by atoms with E-state index in [0.717, 1.165) is 0 Å². The lowest BCUT2D eigenvalue weighted by atomic mass is 10.2. The lowest BCUT2D eigenvalue weighted by Crippen LogP contribution is -1.98. The van der Waals surface area contributed by atoms with Gasteiger partial charge in [0, 0.05) is 0 Å². The van der Waals surface area contributed by atoms with E-state index in [1.54, 1.807) is 12.1 Å². The molecule has 6 nitrogen and oxygen atoms in total. The van der Waals surface area contributed by atoms with E-state index in [-0.39, 0.29) is 11.4 Å². The number of hydrogen-bond acceptors (Lipinski definition) is 4. The van der Waals surface area contributed by atoms with Crippen LogP contribution in [0.3, 0.4) is 0 Å². The topological polar surface area (TPSA) is 91.8 Å². The van der Waals surface area contributed by atoms with Gasteiger partial charge < -0.3 is 5.11 Å². The molecular weight excluding hydrogens is 208 g/mol. The summed E-state index contributed by atoms with van der Waals surface area (Å²) in [6, 6.07) is 7.93. The highest BCUT2D eigenvalue weighted by Gasteiger charge is 2.04. The second kappa shape index (κ2) is 3.82. The Labute approximate surface area is 90.4 Å². The zero-order valence-corrected chi connectivity index (χ0v) is 8.03. The minimum Gasteiger partial charge on any atom is -0.478 e. The Morgan fingerprint density at radius 1 is 1.38 bits per heavy atom. The molecule has 0 atom stereocenters. The van der Waals surface area contributed by atoms with Gasteiger partial charge in [-0.15, -0.1) is 5.10 Å². The molecule has 0 saturated heterocycles. The highest BCUT2D eigenvalue weighted by Crippen LogP contribution is 2.08. The monoisotopic (exact) mass is 214 g/mol. The molecule has 16 heavy (non-hydrogen) atoms. The first-order valence-corrected chi connectivity index (χ1v) is 4.36. The molecule has 0 unspecified atom stereocenters. The van der Waals surface area contributed by atoms with E-state index < -0.39 is 5.97 Å². The summed E-state index contributed by atoms with van der Waals surface area (Å²) in [5.74, 6) is -0.912. The first-order valence-electron chi connectivity index (χ1n) is 4.36. The molecule has 0 radical (unpaired) electrons. The van der Waals surface area contributed by atoms with Gasteiger partial charge >= 0.3 is 5.97 Å². The molecule has 1 heterocycles. The van der Waals surface area contributed by atoms with Crippen LogP contribution < -0.4 is 0 Å². The van der Waals surface area contributed by atoms with Gasteiger partial charge in [0.1, 0.15) is 12.4 Å². The minimum atomic E-state index is -0.983. The van der Waals surface area contributed by atoms with Crippen LogP contribution >= 0.6 is 0 Å². The molecule has 0 spiro atoms. The van der Waals surface area contributed by atoms with Gasteiger partial charge in [0.25, 0.3) is 5.82 Å². The van der Waals surface area contributed by atoms with Gasteiger partial charge in [0.05, 0.1) is 11.3 Å². The third-order valence-electron chi connectivity index (χ3n) is 1.97. The molecule has 78 valence electrons. The van der Waals surface area contributed by atoms with Crippen LogP contribution in [0.4, 0.5) is 0 Å². The average molecular weight is 214 g/mol. The minimum absolute atomic E-state index is 0.0716. The first kappa shape index (κ1) is 9.86. The van der Waals surface area contributed by atoms with Crippen molar-refractivity contribution in [2.45, 2.75) is 0 Å². The smallest absolute Gasteiger partial charge is 0.335 e. The van der Waals surface area contributed by atoms with Crippen molar-refractivity contribution in [3.63, 3.8) is 0 Å². The Kier molecular flexibility index (Phi) is 2.36. The van der Waals surface area contributed by atoms with Gasteiger partial charge in [-0.05, 0) is 24.3 Å². The summed E-state index contributed by atoms with van der Waals surface area (Å²) in [7, 11) is 0. The average Bonchev–Trinajstić information content (AvgIpc) is 2.77. The summed E-state index contributed by atoms with van der Waals surface area (Å²) in [6.07, 6.45) is 1.40. The summed E-state index contributed by atoms with van der Waals surface area (Å²) in [4.78, 5) is 14.4. The van der Waals surface area contributed by atoms with Crippen molar-refractivity contribution in [1.82, 2.24) is 14.8 Å². The maximum Gasteiger partial charge on any atom is 0.335 e. The Balaban J connectivity index is 2.35. The molecular formula is C10H6N4O2. The van der Waals surface area contributed by atoms with Gasteiger partial charge in [-0.1, -0.05) is 0 Å². The van der Waals surface area contributed by atoms with Crippen molar-refractivity contribution in [3.05, 3.63) is 42.0 Å². The normalized spacial score (nSPS) is 9.69. The van der Waals surface area contributed by atoms with E-state index in [9.17, 15) is 4.79 Å². The molecule has 2 rings (SSSR count). The highest BCUT2D eigenvalue weighted by molar-refractivity contribution is 5.87. The predicted molar refractivity (Wildman–Crippen MR) is 53.0 cm³/mol. The van der Waals surface area contributed by atoms with Gasteiger partial charge in [-0.2, -0.15) is 5.26 Å². The van der Waals surface area contributed by atoms with Gasteiger partial charge in [-0.3, -0.25) is 0 Å². The van der Waals surface area contributed by atoms with Gasteiger partial charge in [0.2, 0.25) is 0 Å². The number of aromatic nitrogens is 3. The van der Waals surface area contributed by atoms with Crippen LogP contribution in [0.1, 0.15) is 16.2 Å². The van der Waals surface area contributed by atoms with Crippen molar-refractivity contribution in [3.8, 4) is 11.8 Å². The lowest BCUT2D eigenvalue weighted by Gasteiger charge is -1.99. The maximum atomic E-state index is 10.6. The van der Waals surface area contributed by atoms with Gasteiger partial charge in [-0.25, -0.2) is 14.5 Å². The summed E-state index contributed by atoms with van der Waals surface area (Å²) >= 11 is 0. The summed E-state index contributed by atoms with van der Waals surface area (Å²) in [6.45, 7) is 0. The van der Waals surface area contributed by atoms with Crippen molar-refractivity contribution in [2.75, 3.05) is 0 Å². The largest absolute Gasteiger partial charge is 0.478 e. The van der Waals surface area contributed by atoms with Crippen molar-refractivity contribution >= 4 is 5.97 Å². The Hall–Kier alpha value is -2.68. The molecule has 0 saturated carbocycles. The van der Waals surface area contributed by atoms with Crippen molar-refractivity contribution in [2.24, 2.45) is 0 Å². The van der Waals surface area contributed by atoms with E-state index in [4.69, 9.17) is 10.4 Å². The van der Waals surface area contributed by atoms with E-state index in [0.29, 0.717) is 5.69 Å². The van der Waals surface area contributed by atoms with E-state index in [2.05, 4.69) is 10.1 Å². The Morgan fingerprint density at radius 2 is 2.06 bits per heavy atom. The van der Waals surface area contributed by atoms with E-state index in [1.807, 2.05) is 6.07 Å². The Morgan fingerprint density at radius 3 is 2.56 bits per heavy atom. The SMILES string of the molecule is N#Cc1ncn(-c2ccc(C(=O)O)cc2)n1. The fourth-order valence-electron chi connectivity index (χ4n) is 1.20. The fourth-order valence-corrected chi connectivity index (χ4v) is 1.20. The molecule has 0 aliphatic rings. The van der Waals surface area contributed by atoms with Crippen LogP contribution in [0, 0.1) is 11.3 Å². The molecule has 1 N–H and O–H groups in total. The molecule has 0 fully saturated rings. The Bertz CT molecular complexity index is 565. The van der Waals surface area contributed by atoms with E-state index in [1.165, 1.54) is 23.1 Å². The van der Waals surface area contributed by atoms with Gasteiger partial charge in [0.15, 0.2) is 0 Å². The highest BCUT2D eigenvalue weighted by atomic mass is 16.4. The number of rotatable bonds is 2. The molecule has 1 aromatic carbocycles. The maximum absolute atomic E-state index is 10.6. The molecule has 0 amide bonds. The van der Waals surface area contributed by atoms with Crippen LogP contribution in [0.5, 0.6) is 0 Å².